The minimum atomic E-state index is 0.0907. The van der Waals surface area contributed by atoms with Crippen LogP contribution in [0.25, 0.3) is 0 Å². The van der Waals surface area contributed by atoms with Crippen LogP contribution in [0.5, 0.6) is 5.75 Å². The molecule has 0 saturated carbocycles. The fourth-order valence-corrected chi connectivity index (χ4v) is 3.01. The number of anilines is 1. The van der Waals surface area contributed by atoms with E-state index in [2.05, 4.69) is 4.98 Å². The normalized spacial score (nSPS) is 15.0. The van der Waals surface area contributed by atoms with Gasteiger partial charge in [-0.05, 0) is 43.0 Å². The summed E-state index contributed by atoms with van der Waals surface area (Å²) in [6.45, 7) is 2.27. The maximum absolute atomic E-state index is 12.7. The number of piperidine rings is 1. The Hall–Kier alpha value is -2.56. The summed E-state index contributed by atoms with van der Waals surface area (Å²) in [5.74, 6) is 2.30. The number of para-hydroxylation sites is 1. The van der Waals surface area contributed by atoms with Gasteiger partial charge in [0.1, 0.15) is 11.6 Å². The molecule has 0 N–H and O–H groups in total. The Bertz CT molecular complexity index is 695. The first kappa shape index (κ1) is 17.3. The van der Waals surface area contributed by atoms with Crippen molar-refractivity contribution >= 4 is 11.7 Å². The van der Waals surface area contributed by atoms with Gasteiger partial charge in [-0.1, -0.05) is 18.2 Å². The van der Waals surface area contributed by atoms with Gasteiger partial charge in [0.15, 0.2) is 0 Å². The highest BCUT2D eigenvalue weighted by Gasteiger charge is 2.24. The van der Waals surface area contributed by atoms with Crippen molar-refractivity contribution < 1.29 is 9.53 Å². The number of pyridine rings is 1. The van der Waals surface area contributed by atoms with E-state index in [0.717, 1.165) is 37.5 Å². The second-order valence-electron chi connectivity index (χ2n) is 6.66. The standard InChI is InChI=1S/C20H25N3O2/c1-22(2)19-14-17(8-11-21-19)20(24)23-12-9-16(10-13-23)15-25-18-6-4-3-5-7-18/h3-8,11,14,16H,9-10,12-13,15H2,1-2H3. The van der Waals surface area contributed by atoms with Gasteiger partial charge in [-0.15, -0.1) is 0 Å². The van der Waals surface area contributed by atoms with E-state index in [1.807, 2.05) is 60.3 Å². The lowest BCUT2D eigenvalue weighted by Gasteiger charge is -2.32. The average molecular weight is 339 g/mol. The lowest BCUT2D eigenvalue weighted by Crippen LogP contribution is -2.39. The molecule has 0 atom stereocenters. The Labute approximate surface area is 149 Å². The van der Waals surface area contributed by atoms with Crippen molar-refractivity contribution in [3.8, 4) is 5.75 Å². The first-order valence-electron chi connectivity index (χ1n) is 8.74. The van der Waals surface area contributed by atoms with Gasteiger partial charge >= 0.3 is 0 Å². The molecule has 1 aromatic heterocycles. The Balaban J connectivity index is 1.51. The molecule has 0 radical (unpaired) electrons. The van der Waals surface area contributed by atoms with Gasteiger partial charge in [0, 0.05) is 38.9 Å². The van der Waals surface area contributed by atoms with E-state index in [1.54, 1.807) is 12.3 Å². The second-order valence-corrected chi connectivity index (χ2v) is 6.66. The largest absolute Gasteiger partial charge is 0.493 e. The van der Waals surface area contributed by atoms with Crippen LogP contribution >= 0.6 is 0 Å². The van der Waals surface area contributed by atoms with Gasteiger partial charge in [0.25, 0.3) is 5.91 Å². The molecular formula is C20H25N3O2. The van der Waals surface area contributed by atoms with Gasteiger partial charge in [-0.2, -0.15) is 0 Å². The molecule has 2 aromatic rings. The highest BCUT2D eigenvalue weighted by Crippen LogP contribution is 2.21. The van der Waals surface area contributed by atoms with Gasteiger partial charge in [-0.3, -0.25) is 4.79 Å². The number of nitrogens with zero attached hydrogens (tertiary/aromatic N) is 3. The van der Waals surface area contributed by atoms with Crippen LogP contribution in [0.3, 0.4) is 0 Å². The molecular weight excluding hydrogens is 314 g/mol. The minimum Gasteiger partial charge on any atom is -0.493 e. The van der Waals surface area contributed by atoms with Crippen molar-refractivity contribution in [2.75, 3.05) is 38.7 Å². The van der Waals surface area contributed by atoms with Gasteiger partial charge < -0.3 is 14.5 Å². The Morgan fingerprint density at radius 3 is 2.60 bits per heavy atom. The fourth-order valence-electron chi connectivity index (χ4n) is 3.01. The Kier molecular flexibility index (Phi) is 5.53. The third-order valence-electron chi connectivity index (χ3n) is 4.58. The molecule has 0 bridgehead atoms. The molecule has 3 rings (SSSR count). The molecule has 1 fully saturated rings. The summed E-state index contributed by atoms with van der Waals surface area (Å²) in [4.78, 5) is 20.8. The molecule has 0 aliphatic carbocycles. The summed E-state index contributed by atoms with van der Waals surface area (Å²) >= 11 is 0. The van der Waals surface area contributed by atoms with Crippen LogP contribution in [-0.4, -0.2) is 49.6 Å². The summed E-state index contributed by atoms with van der Waals surface area (Å²) in [5.41, 5.74) is 0.706. The molecule has 25 heavy (non-hydrogen) atoms. The maximum atomic E-state index is 12.7. The molecule has 0 unspecified atom stereocenters. The molecule has 1 saturated heterocycles. The maximum Gasteiger partial charge on any atom is 0.254 e. The third kappa shape index (κ3) is 4.50. The lowest BCUT2D eigenvalue weighted by molar-refractivity contribution is 0.0661. The number of aromatic nitrogens is 1. The van der Waals surface area contributed by atoms with E-state index < -0.39 is 0 Å². The van der Waals surface area contributed by atoms with Crippen molar-refractivity contribution in [2.45, 2.75) is 12.8 Å². The molecule has 1 aliphatic rings. The van der Waals surface area contributed by atoms with Gasteiger partial charge in [0.2, 0.25) is 0 Å². The van der Waals surface area contributed by atoms with Crippen molar-refractivity contribution in [3.05, 3.63) is 54.2 Å². The number of hydrogen-bond donors (Lipinski definition) is 0. The highest BCUT2D eigenvalue weighted by atomic mass is 16.5. The molecule has 1 aliphatic heterocycles. The number of rotatable bonds is 5. The van der Waals surface area contributed by atoms with E-state index in [4.69, 9.17) is 4.74 Å². The predicted molar refractivity (Wildman–Crippen MR) is 99.1 cm³/mol. The SMILES string of the molecule is CN(C)c1cc(C(=O)N2CCC(COc3ccccc3)CC2)ccn1. The zero-order valence-electron chi connectivity index (χ0n) is 14.9. The smallest absolute Gasteiger partial charge is 0.254 e. The Morgan fingerprint density at radius 2 is 1.92 bits per heavy atom. The van der Waals surface area contributed by atoms with Crippen molar-refractivity contribution in [3.63, 3.8) is 0 Å². The number of carbonyl (C=O) groups is 1. The number of amides is 1. The van der Waals surface area contributed by atoms with E-state index in [9.17, 15) is 4.79 Å². The molecule has 5 heteroatoms. The molecule has 132 valence electrons. The van der Waals surface area contributed by atoms with Crippen LogP contribution < -0.4 is 9.64 Å². The topological polar surface area (TPSA) is 45.7 Å². The van der Waals surface area contributed by atoms with E-state index in [1.165, 1.54) is 0 Å². The predicted octanol–water partition coefficient (Wildman–Crippen LogP) is 3.08. The van der Waals surface area contributed by atoms with Crippen LogP contribution in [0, 0.1) is 5.92 Å². The monoisotopic (exact) mass is 339 g/mol. The lowest BCUT2D eigenvalue weighted by atomic mass is 9.97. The number of hydrogen-bond acceptors (Lipinski definition) is 4. The van der Waals surface area contributed by atoms with Gasteiger partial charge in [-0.25, -0.2) is 4.98 Å². The zero-order valence-corrected chi connectivity index (χ0v) is 14.9. The van der Waals surface area contributed by atoms with Crippen molar-refractivity contribution in [1.29, 1.82) is 0 Å². The minimum absolute atomic E-state index is 0.0907. The quantitative estimate of drug-likeness (QED) is 0.840. The van der Waals surface area contributed by atoms with Gasteiger partial charge in [0.05, 0.1) is 6.61 Å². The first-order chi connectivity index (χ1) is 12.1. The summed E-state index contributed by atoms with van der Waals surface area (Å²) in [7, 11) is 3.85. The van der Waals surface area contributed by atoms with Crippen LogP contribution in [-0.2, 0) is 0 Å². The Morgan fingerprint density at radius 1 is 1.20 bits per heavy atom. The van der Waals surface area contributed by atoms with E-state index >= 15 is 0 Å². The highest BCUT2D eigenvalue weighted by molar-refractivity contribution is 5.94. The van der Waals surface area contributed by atoms with E-state index in [0.29, 0.717) is 18.1 Å². The number of carbonyl (C=O) groups excluding carboxylic acids is 1. The van der Waals surface area contributed by atoms with Crippen LogP contribution in [0.15, 0.2) is 48.7 Å². The number of likely N-dealkylation sites (tertiary alicyclic amines) is 1. The fraction of sp³-hybridized carbons (Fsp3) is 0.400. The van der Waals surface area contributed by atoms with Crippen molar-refractivity contribution in [1.82, 2.24) is 9.88 Å². The zero-order chi connectivity index (χ0) is 17.6. The first-order valence-corrected chi connectivity index (χ1v) is 8.74. The van der Waals surface area contributed by atoms with Crippen LogP contribution in [0.4, 0.5) is 5.82 Å². The van der Waals surface area contributed by atoms with Crippen LogP contribution in [0.1, 0.15) is 23.2 Å². The molecule has 1 amide bonds. The number of benzene rings is 1. The summed E-state index contributed by atoms with van der Waals surface area (Å²) in [6, 6.07) is 13.5. The summed E-state index contributed by atoms with van der Waals surface area (Å²) < 4.78 is 5.85. The van der Waals surface area contributed by atoms with E-state index in [-0.39, 0.29) is 5.91 Å². The van der Waals surface area contributed by atoms with Crippen molar-refractivity contribution in [2.24, 2.45) is 5.92 Å². The molecule has 2 heterocycles. The summed E-state index contributed by atoms with van der Waals surface area (Å²) in [5, 5.41) is 0. The number of ether oxygens (including phenoxy) is 1. The second kappa shape index (κ2) is 8.01. The third-order valence-corrected chi connectivity index (χ3v) is 4.58. The molecule has 5 nitrogen and oxygen atoms in total. The average Bonchev–Trinajstić information content (AvgIpc) is 2.67. The van der Waals surface area contributed by atoms with Crippen LogP contribution in [0.2, 0.25) is 0 Å². The molecule has 0 spiro atoms. The molecule has 1 aromatic carbocycles. The summed E-state index contributed by atoms with van der Waals surface area (Å²) in [6.07, 6.45) is 3.65.